The van der Waals surface area contributed by atoms with Crippen molar-refractivity contribution in [2.45, 2.75) is 39.0 Å². The molecule has 142 valence electrons. The number of nitrogens with zero attached hydrogens (tertiary/aromatic N) is 3. The Kier molecular flexibility index (Phi) is 5.69. The van der Waals surface area contributed by atoms with E-state index >= 15 is 0 Å². The van der Waals surface area contributed by atoms with Crippen molar-refractivity contribution in [3.63, 3.8) is 0 Å². The van der Waals surface area contributed by atoms with Crippen LogP contribution in [0.1, 0.15) is 42.3 Å². The Bertz CT molecular complexity index is 853. The molecule has 1 atom stereocenters. The molecule has 1 saturated heterocycles. The van der Waals surface area contributed by atoms with Gasteiger partial charge in [-0.05, 0) is 31.9 Å². The first kappa shape index (κ1) is 18.8. The van der Waals surface area contributed by atoms with Crippen molar-refractivity contribution < 1.29 is 14.3 Å². The number of para-hydroxylation sites is 1. The van der Waals surface area contributed by atoms with E-state index in [0.29, 0.717) is 24.8 Å². The van der Waals surface area contributed by atoms with E-state index in [-0.39, 0.29) is 24.7 Å². The monoisotopic (exact) mass is 368 g/mol. The maximum Gasteiger partial charge on any atom is 0.223 e. The van der Waals surface area contributed by atoms with Gasteiger partial charge < -0.3 is 15.4 Å². The Balaban J connectivity index is 1.70. The summed E-state index contributed by atoms with van der Waals surface area (Å²) in [4.78, 5) is 33.9. The molecule has 0 spiro atoms. The molecule has 1 aliphatic heterocycles. The molecule has 1 fully saturated rings. The molecule has 3 rings (SSSR count). The predicted octanol–water partition coefficient (Wildman–Crippen LogP) is 2.47. The lowest BCUT2D eigenvalue weighted by Crippen LogP contribution is -2.29. The second-order valence-electron chi connectivity index (χ2n) is 6.86. The Hall–Kier alpha value is -2.96. The minimum Gasteiger partial charge on any atom is -0.439 e. The SMILES string of the molecule is Cc1cc(Oc2ccccc2C)nc(C2CCN(C(=O)CCC(N)=O)C2)n1. The molecule has 0 radical (unpaired) electrons. The number of nitrogens with two attached hydrogens (primary N) is 1. The van der Waals surface area contributed by atoms with Gasteiger partial charge in [0, 0.05) is 43.6 Å². The quantitative estimate of drug-likeness (QED) is 0.844. The molecule has 2 amide bonds. The molecule has 0 bridgehead atoms. The lowest BCUT2D eigenvalue weighted by molar-refractivity contribution is -0.132. The molecule has 1 aromatic carbocycles. The zero-order chi connectivity index (χ0) is 19.4. The largest absolute Gasteiger partial charge is 0.439 e. The van der Waals surface area contributed by atoms with Crippen LogP contribution < -0.4 is 10.5 Å². The number of amides is 2. The fourth-order valence-corrected chi connectivity index (χ4v) is 3.17. The normalized spacial score (nSPS) is 16.4. The van der Waals surface area contributed by atoms with E-state index < -0.39 is 5.91 Å². The van der Waals surface area contributed by atoms with Crippen molar-refractivity contribution in [1.82, 2.24) is 14.9 Å². The fourth-order valence-electron chi connectivity index (χ4n) is 3.17. The number of likely N-dealkylation sites (tertiary alicyclic amines) is 1. The summed E-state index contributed by atoms with van der Waals surface area (Å²) in [6.07, 6.45) is 1.02. The van der Waals surface area contributed by atoms with E-state index in [2.05, 4.69) is 9.97 Å². The molecule has 2 aromatic rings. The molecule has 0 aliphatic carbocycles. The van der Waals surface area contributed by atoms with Crippen molar-refractivity contribution >= 4 is 11.8 Å². The number of carbonyl (C=O) groups excluding carboxylic acids is 2. The highest BCUT2D eigenvalue weighted by molar-refractivity contribution is 5.83. The average molecular weight is 368 g/mol. The standard InChI is InChI=1S/C20H24N4O3/c1-13-5-3-4-6-16(13)27-18-11-14(2)22-20(23-18)15-9-10-24(12-15)19(26)8-7-17(21)25/h3-6,11,15H,7-10,12H2,1-2H3,(H2,21,25). The van der Waals surface area contributed by atoms with Crippen LogP contribution in [0.4, 0.5) is 0 Å². The summed E-state index contributed by atoms with van der Waals surface area (Å²) in [5, 5.41) is 0. The maximum absolute atomic E-state index is 12.2. The summed E-state index contributed by atoms with van der Waals surface area (Å²) in [5.41, 5.74) is 6.97. The molecule has 2 heterocycles. The van der Waals surface area contributed by atoms with Gasteiger partial charge in [-0.3, -0.25) is 9.59 Å². The number of carbonyl (C=O) groups is 2. The highest BCUT2D eigenvalue weighted by Gasteiger charge is 2.29. The van der Waals surface area contributed by atoms with Crippen molar-refractivity contribution in [2.24, 2.45) is 5.73 Å². The van der Waals surface area contributed by atoms with Gasteiger partial charge in [0.25, 0.3) is 0 Å². The minimum absolute atomic E-state index is 0.0552. The number of hydrogen-bond acceptors (Lipinski definition) is 5. The molecule has 7 nitrogen and oxygen atoms in total. The average Bonchev–Trinajstić information content (AvgIpc) is 3.11. The number of benzene rings is 1. The van der Waals surface area contributed by atoms with Crippen LogP contribution in [0.15, 0.2) is 30.3 Å². The third-order valence-corrected chi connectivity index (χ3v) is 4.65. The molecule has 27 heavy (non-hydrogen) atoms. The first-order valence-corrected chi connectivity index (χ1v) is 9.07. The number of aryl methyl sites for hydroxylation is 2. The second-order valence-corrected chi connectivity index (χ2v) is 6.86. The van der Waals surface area contributed by atoms with Crippen LogP contribution >= 0.6 is 0 Å². The third kappa shape index (κ3) is 4.81. The minimum atomic E-state index is -0.459. The van der Waals surface area contributed by atoms with Gasteiger partial charge in [-0.25, -0.2) is 4.98 Å². The molecule has 1 aliphatic rings. The smallest absolute Gasteiger partial charge is 0.223 e. The first-order valence-electron chi connectivity index (χ1n) is 9.07. The van der Waals surface area contributed by atoms with Gasteiger partial charge in [-0.2, -0.15) is 4.98 Å². The summed E-state index contributed by atoms with van der Waals surface area (Å²) in [5.74, 6) is 1.49. The van der Waals surface area contributed by atoms with Gasteiger partial charge >= 0.3 is 0 Å². The van der Waals surface area contributed by atoms with Crippen molar-refractivity contribution in [3.05, 3.63) is 47.4 Å². The van der Waals surface area contributed by atoms with E-state index in [1.165, 1.54) is 0 Å². The number of aromatic nitrogens is 2. The highest BCUT2D eigenvalue weighted by Crippen LogP contribution is 2.29. The van der Waals surface area contributed by atoms with Crippen molar-refractivity contribution in [2.75, 3.05) is 13.1 Å². The summed E-state index contributed by atoms with van der Waals surface area (Å²) in [7, 11) is 0. The summed E-state index contributed by atoms with van der Waals surface area (Å²) >= 11 is 0. The maximum atomic E-state index is 12.2. The van der Waals surface area contributed by atoms with Crippen LogP contribution in [0.2, 0.25) is 0 Å². The van der Waals surface area contributed by atoms with Gasteiger partial charge in [0.05, 0.1) is 0 Å². The lowest BCUT2D eigenvalue weighted by atomic mass is 10.1. The van der Waals surface area contributed by atoms with E-state index in [0.717, 1.165) is 23.4 Å². The highest BCUT2D eigenvalue weighted by atomic mass is 16.5. The van der Waals surface area contributed by atoms with Crippen LogP contribution in [0, 0.1) is 13.8 Å². The predicted molar refractivity (Wildman–Crippen MR) is 100 cm³/mol. The number of hydrogen-bond donors (Lipinski definition) is 1. The van der Waals surface area contributed by atoms with Crippen molar-refractivity contribution in [3.8, 4) is 11.6 Å². The molecular weight excluding hydrogens is 344 g/mol. The second kappa shape index (κ2) is 8.16. The zero-order valence-electron chi connectivity index (χ0n) is 15.6. The number of rotatable bonds is 6. The summed E-state index contributed by atoms with van der Waals surface area (Å²) in [6.45, 7) is 5.07. The lowest BCUT2D eigenvalue weighted by Gasteiger charge is -2.16. The summed E-state index contributed by atoms with van der Waals surface area (Å²) < 4.78 is 5.95. The van der Waals surface area contributed by atoms with Crippen LogP contribution in [0.25, 0.3) is 0 Å². The molecule has 7 heteroatoms. The van der Waals surface area contributed by atoms with Crippen molar-refractivity contribution in [1.29, 1.82) is 0 Å². The van der Waals surface area contributed by atoms with E-state index in [1.807, 2.05) is 38.1 Å². The van der Waals surface area contributed by atoms with Crippen LogP contribution in [-0.2, 0) is 9.59 Å². The molecule has 1 aromatic heterocycles. The van der Waals surface area contributed by atoms with E-state index in [4.69, 9.17) is 10.5 Å². The van der Waals surface area contributed by atoms with Crippen LogP contribution in [-0.4, -0.2) is 39.8 Å². The molecule has 1 unspecified atom stereocenters. The molecular formula is C20H24N4O3. The van der Waals surface area contributed by atoms with Gasteiger partial charge in [0.1, 0.15) is 11.6 Å². The molecule has 0 saturated carbocycles. The third-order valence-electron chi connectivity index (χ3n) is 4.65. The van der Waals surface area contributed by atoms with E-state index in [1.54, 1.807) is 11.0 Å². The topological polar surface area (TPSA) is 98.4 Å². The Morgan fingerprint density at radius 2 is 2.00 bits per heavy atom. The first-order chi connectivity index (χ1) is 12.9. The Labute approximate surface area is 158 Å². The fraction of sp³-hybridized carbons (Fsp3) is 0.400. The van der Waals surface area contributed by atoms with Gasteiger partial charge in [-0.1, -0.05) is 18.2 Å². The van der Waals surface area contributed by atoms with Gasteiger partial charge in [0.2, 0.25) is 17.7 Å². The van der Waals surface area contributed by atoms with Crippen LogP contribution in [0.3, 0.4) is 0 Å². The zero-order valence-corrected chi connectivity index (χ0v) is 15.6. The Morgan fingerprint density at radius 1 is 1.22 bits per heavy atom. The number of primary amides is 1. The summed E-state index contributed by atoms with van der Waals surface area (Å²) in [6, 6.07) is 9.57. The van der Waals surface area contributed by atoms with Crippen LogP contribution in [0.5, 0.6) is 11.6 Å². The molecule has 2 N–H and O–H groups in total. The Morgan fingerprint density at radius 3 is 2.74 bits per heavy atom. The number of ether oxygens (including phenoxy) is 1. The van der Waals surface area contributed by atoms with E-state index in [9.17, 15) is 9.59 Å². The van der Waals surface area contributed by atoms with Gasteiger partial charge in [0.15, 0.2) is 0 Å². The van der Waals surface area contributed by atoms with Gasteiger partial charge in [-0.15, -0.1) is 0 Å².